The van der Waals surface area contributed by atoms with Gasteiger partial charge in [-0.25, -0.2) is 4.98 Å². The highest BCUT2D eigenvalue weighted by Crippen LogP contribution is 2.13. The van der Waals surface area contributed by atoms with Crippen molar-refractivity contribution in [1.29, 1.82) is 0 Å². The molecule has 104 valence electrons. The van der Waals surface area contributed by atoms with Crippen molar-refractivity contribution in [1.82, 2.24) is 10.3 Å². The van der Waals surface area contributed by atoms with E-state index in [1.165, 1.54) is 0 Å². The van der Waals surface area contributed by atoms with Gasteiger partial charge in [-0.2, -0.15) is 0 Å². The van der Waals surface area contributed by atoms with Gasteiger partial charge in [0.2, 0.25) is 0 Å². The molecule has 18 heavy (non-hydrogen) atoms. The zero-order chi connectivity index (χ0) is 13.5. The molecule has 0 bridgehead atoms. The van der Waals surface area contributed by atoms with Gasteiger partial charge in [-0.1, -0.05) is 27.7 Å². The van der Waals surface area contributed by atoms with Crippen molar-refractivity contribution in [3.63, 3.8) is 0 Å². The molecule has 1 atom stereocenters. The minimum absolute atomic E-state index is 0.286. The van der Waals surface area contributed by atoms with Gasteiger partial charge in [-0.05, 0) is 25.3 Å². The molecule has 0 fully saturated rings. The molecule has 1 rings (SSSR count). The molecule has 0 aromatic carbocycles. The summed E-state index contributed by atoms with van der Waals surface area (Å²) in [4.78, 5) is 4.57. The predicted octanol–water partition coefficient (Wildman–Crippen LogP) is 3.45. The molecule has 3 nitrogen and oxygen atoms in total. The summed E-state index contributed by atoms with van der Waals surface area (Å²) in [6, 6.07) is 0. The van der Waals surface area contributed by atoms with Crippen molar-refractivity contribution in [2.75, 3.05) is 6.54 Å². The van der Waals surface area contributed by atoms with Crippen molar-refractivity contribution >= 4 is 11.3 Å². The molecule has 1 unspecified atom stereocenters. The van der Waals surface area contributed by atoms with Crippen LogP contribution in [0.4, 0.5) is 0 Å². The Bertz CT molecular complexity index is 336. The lowest BCUT2D eigenvalue weighted by atomic mass is 10.1. The van der Waals surface area contributed by atoms with Crippen molar-refractivity contribution in [3.05, 3.63) is 16.1 Å². The topological polar surface area (TPSA) is 34.2 Å². The Balaban J connectivity index is 2.30. The van der Waals surface area contributed by atoms with E-state index < -0.39 is 0 Å². The fraction of sp³-hybridized carbons (Fsp3) is 0.786. The number of aromatic nitrogens is 1. The van der Waals surface area contributed by atoms with Crippen molar-refractivity contribution in [2.24, 2.45) is 11.8 Å². The van der Waals surface area contributed by atoms with E-state index in [0.29, 0.717) is 18.4 Å². The summed E-state index contributed by atoms with van der Waals surface area (Å²) in [5.41, 5.74) is 1.05. The molecule has 0 aliphatic heterocycles. The van der Waals surface area contributed by atoms with E-state index in [1.807, 2.05) is 0 Å². The third-order valence-electron chi connectivity index (χ3n) is 2.86. The maximum absolute atomic E-state index is 5.77. The van der Waals surface area contributed by atoms with Crippen LogP contribution in [0.15, 0.2) is 5.38 Å². The fourth-order valence-corrected chi connectivity index (χ4v) is 2.12. The average Bonchev–Trinajstić information content (AvgIpc) is 2.73. The maximum Gasteiger partial charge on any atom is 0.107 e. The third kappa shape index (κ3) is 5.94. The molecule has 0 saturated heterocycles. The molecule has 1 aromatic heterocycles. The summed E-state index contributed by atoms with van der Waals surface area (Å²) >= 11 is 1.71. The van der Waals surface area contributed by atoms with Gasteiger partial charge in [0.15, 0.2) is 0 Å². The van der Waals surface area contributed by atoms with Crippen LogP contribution < -0.4 is 5.32 Å². The molecule has 0 radical (unpaired) electrons. The molecular formula is C14H26N2OS. The van der Waals surface area contributed by atoms with Crippen LogP contribution in [0, 0.1) is 11.8 Å². The van der Waals surface area contributed by atoms with Crippen LogP contribution in [0.25, 0.3) is 0 Å². The monoisotopic (exact) mass is 270 g/mol. The van der Waals surface area contributed by atoms with E-state index in [-0.39, 0.29) is 6.10 Å². The third-order valence-corrected chi connectivity index (χ3v) is 3.76. The Morgan fingerprint density at radius 2 is 2.00 bits per heavy atom. The predicted molar refractivity (Wildman–Crippen MR) is 77.7 cm³/mol. The maximum atomic E-state index is 5.77. The second-order valence-electron chi connectivity index (χ2n) is 5.52. The minimum atomic E-state index is 0.286. The lowest BCUT2D eigenvalue weighted by molar-refractivity contribution is 0.0220. The van der Waals surface area contributed by atoms with Crippen LogP contribution in [0.2, 0.25) is 0 Å². The SMILES string of the molecule is CC(C)CNCc1nc(COC(C)C(C)C)cs1. The zero-order valence-corrected chi connectivity index (χ0v) is 13.0. The lowest BCUT2D eigenvalue weighted by Gasteiger charge is -2.15. The van der Waals surface area contributed by atoms with Gasteiger partial charge in [0.25, 0.3) is 0 Å². The summed E-state index contributed by atoms with van der Waals surface area (Å²) in [5, 5.41) is 6.65. The summed E-state index contributed by atoms with van der Waals surface area (Å²) in [5.74, 6) is 1.23. The first-order chi connectivity index (χ1) is 8.49. The minimum Gasteiger partial charge on any atom is -0.372 e. The molecule has 0 saturated carbocycles. The Labute approximate surface area is 115 Å². The normalized spacial score (nSPS) is 13.5. The number of hydrogen-bond donors (Lipinski definition) is 1. The summed E-state index contributed by atoms with van der Waals surface area (Å²) in [6.07, 6.45) is 0.286. The molecule has 1 N–H and O–H groups in total. The van der Waals surface area contributed by atoms with Crippen LogP contribution in [-0.4, -0.2) is 17.6 Å². The highest BCUT2D eigenvalue weighted by Gasteiger charge is 2.09. The highest BCUT2D eigenvalue weighted by atomic mass is 32.1. The van der Waals surface area contributed by atoms with Crippen LogP contribution in [0.1, 0.15) is 45.3 Å². The molecule has 0 spiro atoms. The number of hydrogen-bond acceptors (Lipinski definition) is 4. The van der Waals surface area contributed by atoms with E-state index in [1.54, 1.807) is 11.3 Å². The lowest BCUT2D eigenvalue weighted by Crippen LogP contribution is -2.19. The molecule has 1 aromatic rings. The summed E-state index contributed by atoms with van der Waals surface area (Å²) < 4.78 is 5.77. The Kier molecular flexibility index (Phi) is 6.82. The number of rotatable bonds is 8. The highest BCUT2D eigenvalue weighted by molar-refractivity contribution is 7.09. The Morgan fingerprint density at radius 1 is 1.28 bits per heavy atom. The van der Waals surface area contributed by atoms with E-state index in [4.69, 9.17) is 4.74 Å². The Morgan fingerprint density at radius 3 is 2.61 bits per heavy atom. The summed E-state index contributed by atoms with van der Waals surface area (Å²) in [7, 11) is 0. The van der Waals surface area contributed by atoms with Gasteiger partial charge in [0.05, 0.1) is 18.4 Å². The van der Waals surface area contributed by atoms with Crippen molar-refractivity contribution in [3.8, 4) is 0 Å². The molecule has 0 aliphatic rings. The Hall–Kier alpha value is -0.450. The van der Waals surface area contributed by atoms with E-state index in [2.05, 4.69) is 50.3 Å². The number of thiazole rings is 1. The summed E-state index contributed by atoms with van der Waals surface area (Å²) in [6.45, 7) is 13.4. The standard InChI is InChI=1S/C14H26N2OS/c1-10(2)6-15-7-14-16-13(9-18-14)8-17-12(5)11(3)4/h9-12,15H,6-8H2,1-5H3. The number of ether oxygens (including phenoxy) is 1. The van der Waals surface area contributed by atoms with Gasteiger partial charge in [0.1, 0.15) is 5.01 Å². The fourth-order valence-electron chi connectivity index (χ4n) is 1.37. The molecule has 0 aliphatic carbocycles. The molecule has 0 amide bonds. The van der Waals surface area contributed by atoms with Crippen molar-refractivity contribution < 1.29 is 4.74 Å². The second kappa shape index (κ2) is 7.87. The second-order valence-corrected chi connectivity index (χ2v) is 6.46. The quantitative estimate of drug-likeness (QED) is 0.785. The first kappa shape index (κ1) is 15.6. The van der Waals surface area contributed by atoms with Crippen LogP contribution >= 0.6 is 11.3 Å². The smallest absolute Gasteiger partial charge is 0.107 e. The van der Waals surface area contributed by atoms with Gasteiger partial charge in [-0.15, -0.1) is 11.3 Å². The van der Waals surface area contributed by atoms with Gasteiger partial charge in [0, 0.05) is 11.9 Å². The number of nitrogens with one attached hydrogen (secondary N) is 1. The first-order valence-electron chi connectivity index (χ1n) is 6.74. The largest absolute Gasteiger partial charge is 0.372 e. The van der Waals surface area contributed by atoms with Crippen LogP contribution in [0.3, 0.4) is 0 Å². The van der Waals surface area contributed by atoms with Gasteiger partial charge >= 0.3 is 0 Å². The van der Waals surface area contributed by atoms with Crippen molar-refractivity contribution in [2.45, 2.75) is 53.9 Å². The molecule has 1 heterocycles. The van der Waals surface area contributed by atoms with Crippen LogP contribution in [0.5, 0.6) is 0 Å². The van der Waals surface area contributed by atoms with E-state index in [0.717, 1.165) is 23.8 Å². The average molecular weight is 270 g/mol. The van der Waals surface area contributed by atoms with Crippen LogP contribution in [-0.2, 0) is 17.9 Å². The van der Waals surface area contributed by atoms with E-state index in [9.17, 15) is 0 Å². The van der Waals surface area contributed by atoms with E-state index >= 15 is 0 Å². The molecular weight excluding hydrogens is 244 g/mol. The first-order valence-corrected chi connectivity index (χ1v) is 7.62. The van der Waals surface area contributed by atoms with Gasteiger partial charge in [-0.3, -0.25) is 0 Å². The molecule has 4 heteroatoms. The zero-order valence-electron chi connectivity index (χ0n) is 12.2. The van der Waals surface area contributed by atoms with Gasteiger partial charge < -0.3 is 10.1 Å². The number of nitrogens with zero attached hydrogens (tertiary/aromatic N) is 1.